The first kappa shape index (κ1) is 11.7. The summed E-state index contributed by atoms with van der Waals surface area (Å²) in [5, 5.41) is 0. The standard InChI is InChI=1S/C14H19N3O/c1-17-5-2-12-14(17)8-11(13(9-15)16-12)10-3-6-18-7-4-10/h2,5,8,10H,3-4,6-7,9,15H2,1H3. The van der Waals surface area contributed by atoms with E-state index < -0.39 is 0 Å². The van der Waals surface area contributed by atoms with E-state index in [4.69, 9.17) is 15.5 Å². The van der Waals surface area contributed by atoms with Crippen LogP contribution in [0, 0.1) is 0 Å². The monoisotopic (exact) mass is 245 g/mol. The van der Waals surface area contributed by atoms with Gasteiger partial charge in [-0.1, -0.05) is 0 Å². The third kappa shape index (κ3) is 1.91. The molecule has 0 amide bonds. The van der Waals surface area contributed by atoms with Crippen molar-refractivity contribution < 1.29 is 4.74 Å². The predicted octanol–water partition coefficient (Wildman–Crippen LogP) is 1.93. The van der Waals surface area contributed by atoms with Gasteiger partial charge in [0.1, 0.15) is 0 Å². The summed E-state index contributed by atoms with van der Waals surface area (Å²) in [6, 6.07) is 4.31. The van der Waals surface area contributed by atoms with Crippen molar-refractivity contribution in [2.75, 3.05) is 13.2 Å². The van der Waals surface area contributed by atoms with Gasteiger partial charge in [0.25, 0.3) is 0 Å². The molecule has 1 saturated heterocycles. The van der Waals surface area contributed by atoms with Crippen LogP contribution in [0.5, 0.6) is 0 Å². The van der Waals surface area contributed by atoms with Crippen molar-refractivity contribution in [2.24, 2.45) is 12.8 Å². The molecule has 2 N–H and O–H groups in total. The Morgan fingerprint density at radius 1 is 1.44 bits per heavy atom. The smallest absolute Gasteiger partial charge is 0.0884 e. The van der Waals surface area contributed by atoms with Gasteiger partial charge >= 0.3 is 0 Å². The molecule has 4 nitrogen and oxygen atoms in total. The van der Waals surface area contributed by atoms with Gasteiger partial charge in [-0.05, 0) is 36.5 Å². The number of aromatic nitrogens is 2. The number of ether oxygens (including phenoxy) is 1. The highest BCUT2D eigenvalue weighted by Crippen LogP contribution is 2.31. The molecule has 4 heteroatoms. The average molecular weight is 245 g/mol. The van der Waals surface area contributed by atoms with Crippen molar-refractivity contribution in [1.29, 1.82) is 0 Å². The van der Waals surface area contributed by atoms with E-state index in [9.17, 15) is 0 Å². The lowest BCUT2D eigenvalue weighted by Gasteiger charge is -2.24. The first-order valence-electron chi connectivity index (χ1n) is 6.52. The minimum Gasteiger partial charge on any atom is -0.381 e. The number of nitrogens with two attached hydrogens (primary N) is 1. The van der Waals surface area contributed by atoms with E-state index >= 15 is 0 Å². The Labute approximate surface area is 107 Å². The fourth-order valence-corrected chi connectivity index (χ4v) is 2.77. The summed E-state index contributed by atoms with van der Waals surface area (Å²) in [6.07, 6.45) is 4.20. The second-order valence-corrected chi connectivity index (χ2v) is 4.95. The lowest BCUT2D eigenvalue weighted by atomic mass is 9.90. The van der Waals surface area contributed by atoms with E-state index in [0.717, 1.165) is 37.3 Å². The van der Waals surface area contributed by atoms with Crippen molar-refractivity contribution in [1.82, 2.24) is 9.55 Å². The summed E-state index contributed by atoms with van der Waals surface area (Å²) >= 11 is 0. The number of fused-ring (bicyclic) bond motifs is 1. The van der Waals surface area contributed by atoms with Crippen LogP contribution in [-0.4, -0.2) is 22.8 Å². The minimum absolute atomic E-state index is 0.511. The van der Waals surface area contributed by atoms with Gasteiger partial charge in [-0.15, -0.1) is 0 Å². The fraction of sp³-hybridized carbons (Fsp3) is 0.500. The van der Waals surface area contributed by atoms with Crippen LogP contribution in [0.25, 0.3) is 11.0 Å². The van der Waals surface area contributed by atoms with Gasteiger partial charge in [-0.2, -0.15) is 0 Å². The molecule has 0 radical (unpaired) electrons. The molecule has 2 aromatic heterocycles. The number of aryl methyl sites for hydroxylation is 1. The quantitative estimate of drug-likeness (QED) is 0.879. The number of rotatable bonds is 2. The van der Waals surface area contributed by atoms with Gasteiger partial charge in [0, 0.05) is 33.0 Å². The molecule has 3 heterocycles. The molecule has 0 atom stereocenters. The molecule has 0 aromatic carbocycles. The Hall–Kier alpha value is -1.39. The van der Waals surface area contributed by atoms with Gasteiger partial charge < -0.3 is 15.0 Å². The van der Waals surface area contributed by atoms with Gasteiger partial charge in [0.05, 0.1) is 16.7 Å². The average Bonchev–Trinajstić information content (AvgIpc) is 2.79. The highest BCUT2D eigenvalue weighted by Gasteiger charge is 2.20. The van der Waals surface area contributed by atoms with E-state index in [0.29, 0.717) is 12.5 Å². The third-order valence-corrected chi connectivity index (χ3v) is 3.83. The summed E-state index contributed by atoms with van der Waals surface area (Å²) in [6.45, 7) is 2.21. The summed E-state index contributed by atoms with van der Waals surface area (Å²) < 4.78 is 7.55. The van der Waals surface area contributed by atoms with E-state index in [2.05, 4.69) is 17.7 Å². The zero-order valence-electron chi connectivity index (χ0n) is 10.7. The van der Waals surface area contributed by atoms with Crippen LogP contribution < -0.4 is 5.73 Å². The van der Waals surface area contributed by atoms with Crippen molar-refractivity contribution in [2.45, 2.75) is 25.3 Å². The van der Waals surface area contributed by atoms with Crippen molar-refractivity contribution >= 4 is 11.0 Å². The third-order valence-electron chi connectivity index (χ3n) is 3.83. The maximum atomic E-state index is 5.85. The van der Waals surface area contributed by atoms with Crippen molar-refractivity contribution in [3.8, 4) is 0 Å². The Morgan fingerprint density at radius 3 is 2.94 bits per heavy atom. The Balaban J connectivity index is 2.09. The van der Waals surface area contributed by atoms with Crippen LogP contribution in [0.1, 0.15) is 30.0 Å². The van der Waals surface area contributed by atoms with Crippen LogP contribution in [-0.2, 0) is 18.3 Å². The Morgan fingerprint density at radius 2 is 2.22 bits per heavy atom. The van der Waals surface area contributed by atoms with Gasteiger partial charge in [0.15, 0.2) is 0 Å². The Kier molecular flexibility index (Phi) is 3.06. The van der Waals surface area contributed by atoms with Crippen molar-refractivity contribution in [3.63, 3.8) is 0 Å². The molecule has 0 aliphatic carbocycles. The topological polar surface area (TPSA) is 53.1 Å². The molecule has 0 unspecified atom stereocenters. The molecular weight excluding hydrogens is 226 g/mol. The lowest BCUT2D eigenvalue weighted by molar-refractivity contribution is 0.0851. The molecule has 1 fully saturated rings. The van der Waals surface area contributed by atoms with Gasteiger partial charge in [-0.3, -0.25) is 0 Å². The molecule has 1 aliphatic heterocycles. The SMILES string of the molecule is Cn1ccc2nc(CN)c(C3CCOCC3)cc21. The van der Waals surface area contributed by atoms with E-state index in [1.807, 2.05) is 12.3 Å². The highest BCUT2D eigenvalue weighted by atomic mass is 16.5. The zero-order valence-corrected chi connectivity index (χ0v) is 10.7. The molecule has 3 rings (SSSR count). The predicted molar refractivity (Wildman–Crippen MR) is 71.4 cm³/mol. The van der Waals surface area contributed by atoms with Crippen LogP contribution >= 0.6 is 0 Å². The van der Waals surface area contributed by atoms with Crippen LogP contribution in [0.15, 0.2) is 18.3 Å². The van der Waals surface area contributed by atoms with Crippen LogP contribution in [0.2, 0.25) is 0 Å². The fourth-order valence-electron chi connectivity index (χ4n) is 2.77. The maximum absolute atomic E-state index is 5.85. The normalized spacial score (nSPS) is 17.4. The number of pyridine rings is 1. The molecule has 96 valence electrons. The maximum Gasteiger partial charge on any atom is 0.0884 e. The van der Waals surface area contributed by atoms with Gasteiger partial charge in [0.2, 0.25) is 0 Å². The molecule has 18 heavy (non-hydrogen) atoms. The van der Waals surface area contributed by atoms with Gasteiger partial charge in [-0.25, -0.2) is 4.98 Å². The first-order valence-corrected chi connectivity index (χ1v) is 6.52. The number of hydrogen-bond donors (Lipinski definition) is 1. The summed E-state index contributed by atoms with van der Waals surface area (Å²) in [4.78, 5) is 4.70. The molecule has 2 aromatic rings. The number of hydrogen-bond acceptors (Lipinski definition) is 3. The second-order valence-electron chi connectivity index (χ2n) is 4.95. The molecule has 0 spiro atoms. The van der Waals surface area contributed by atoms with E-state index in [1.54, 1.807) is 0 Å². The largest absolute Gasteiger partial charge is 0.381 e. The lowest BCUT2D eigenvalue weighted by Crippen LogP contribution is -2.17. The van der Waals surface area contributed by atoms with Crippen LogP contribution in [0.3, 0.4) is 0 Å². The second kappa shape index (κ2) is 4.71. The molecule has 1 aliphatic rings. The van der Waals surface area contributed by atoms with Crippen molar-refractivity contribution in [3.05, 3.63) is 29.6 Å². The first-order chi connectivity index (χ1) is 8.79. The number of nitrogens with zero attached hydrogens (tertiary/aromatic N) is 2. The minimum atomic E-state index is 0.511. The van der Waals surface area contributed by atoms with E-state index in [-0.39, 0.29) is 0 Å². The molecule has 0 bridgehead atoms. The zero-order chi connectivity index (χ0) is 12.5. The summed E-state index contributed by atoms with van der Waals surface area (Å²) in [5.74, 6) is 0.545. The summed E-state index contributed by atoms with van der Waals surface area (Å²) in [5.41, 5.74) is 10.4. The summed E-state index contributed by atoms with van der Waals surface area (Å²) in [7, 11) is 2.06. The highest BCUT2D eigenvalue weighted by molar-refractivity contribution is 5.77. The van der Waals surface area contributed by atoms with E-state index in [1.165, 1.54) is 11.1 Å². The molecular formula is C14H19N3O. The molecule has 0 saturated carbocycles. The van der Waals surface area contributed by atoms with Crippen LogP contribution in [0.4, 0.5) is 0 Å². The Bertz CT molecular complexity index is 555.